The molecule has 2 aromatic rings. The molecule has 1 aliphatic carbocycles. The number of nitrogens with one attached hydrogen (secondary N) is 2. The Balaban J connectivity index is 1.52. The molecule has 0 aliphatic heterocycles. The minimum absolute atomic E-state index is 0.00699. The van der Waals surface area contributed by atoms with Gasteiger partial charge in [-0.15, -0.1) is 0 Å². The molecule has 1 fully saturated rings. The standard InChI is InChI=1S/C20H26N4O2/c25-18(23-17-10-5-2-6-11-17)12-14-21-20(26)19(24-15-7-13-22-24)16-8-3-1-4-9-16/h1,3-4,7-9,13,15,17,19H,2,5-6,10-12,14H2,(H,21,26)(H,23,25). The fourth-order valence-electron chi connectivity index (χ4n) is 3.44. The molecule has 1 saturated carbocycles. The number of aromatic nitrogens is 2. The molecule has 0 spiro atoms. The third kappa shape index (κ3) is 4.94. The molecule has 3 rings (SSSR count). The van der Waals surface area contributed by atoms with E-state index in [2.05, 4.69) is 15.7 Å². The predicted octanol–water partition coefficient (Wildman–Crippen LogP) is 2.43. The van der Waals surface area contributed by atoms with Crippen molar-refractivity contribution in [3.05, 3.63) is 54.4 Å². The van der Waals surface area contributed by atoms with Crippen molar-refractivity contribution in [2.24, 2.45) is 0 Å². The molecule has 1 heterocycles. The molecule has 138 valence electrons. The molecule has 0 bridgehead atoms. The van der Waals surface area contributed by atoms with Crippen molar-refractivity contribution in [3.8, 4) is 0 Å². The quantitative estimate of drug-likeness (QED) is 0.802. The van der Waals surface area contributed by atoms with E-state index >= 15 is 0 Å². The minimum Gasteiger partial charge on any atom is -0.353 e. The van der Waals surface area contributed by atoms with Crippen LogP contribution in [0.15, 0.2) is 48.8 Å². The van der Waals surface area contributed by atoms with Crippen molar-refractivity contribution in [1.29, 1.82) is 0 Å². The number of hydrogen-bond donors (Lipinski definition) is 2. The van der Waals surface area contributed by atoms with Crippen LogP contribution in [0.5, 0.6) is 0 Å². The highest BCUT2D eigenvalue weighted by molar-refractivity contribution is 5.84. The molecule has 26 heavy (non-hydrogen) atoms. The Labute approximate surface area is 154 Å². The lowest BCUT2D eigenvalue weighted by molar-refractivity contribution is -0.124. The number of carbonyl (C=O) groups excluding carboxylic acids is 2. The van der Waals surface area contributed by atoms with E-state index in [0.29, 0.717) is 19.0 Å². The lowest BCUT2D eigenvalue weighted by atomic mass is 9.95. The maximum Gasteiger partial charge on any atom is 0.249 e. The Morgan fingerprint density at radius 2 is 1.88 bits per heavy atom. The summed E-state index contributed by atoms with van der Waals surface area (Å²) in [6, 6.07) is 11.1. The van der Waals surface area contributed by atoms with Crippen LogP contribution in [-0.2, 0) is 9.59 Å². The van der Waals surface area contributed by atoms with Gasteiger partial charge in [-0.3, -0.25) is 14.3 Å². The molecule has 1 atom stereocenters. The lowest BCUT2D eigenvalue weighted by Gasteiger charge is -2.23. The number of carbonyl (C=O) groups is 2. The molecule has 6 nitrogen and oxygen atoms in total. The molecule has 2 N–H and O–H groups in total. The van der Waals surface area contributed by atoms with E-state index in [9.17, 15) is 9.59 Å². The highest BCUT2D eigenvalue weighted by Gasteiger charge is 2.23. The molecule has 1 aromatic heterocycles. The minimum atomic E-state index is -0.535. The van der Waals surface area contributed by atoms with E-state index in [4.69, 9.17) is 0 Å². The Morgan fingerprint density at radius 3 is 2.58 bits per heavy atom. The highest BCUT2D eigenvalue weighted by atomic mass is 16.2. The zero-order valence-electron chi connectivity index (χ0n) is 14.9. The highest BCUT2D eigenvalue weighted by Crippen LogP contribution is 2.18. The van der Waals surface area contributed by atoms with Crippen LogP contribution in [0.4, 0.5) is 0 Å². The molecule has 1 aromatic carbocycles. The van der Waals surface area contributed by atoms with Crippen molar-refractivity contribution in [3.63, 3.8) is 0 Å². The van der Waals surface area contributed by atoms with Crippen LogP contribution >= 0.6 is 0 Å². The predicted molar refractivity (Wildman–Crippen MR) is 99.5 cm³/mol. The summed E-state index contributed by atoms with van der Waals surface area (Å²) in [6.45, 7) is 0.321. The first kappa shape index (κ1) is 18.2. The van der Waals surface area contributed by atoms with Gasteiger partial charge in [0.15, 0.2) is 6.04 Å². The van der Waals surface area contributed by atoms with Crippen LogP contribution in [0.2, 0.25) is 0 Å². The number of rotatable bonds is 7. The van der Waals surface area contributed by atoms with Gasteiger partial charge < -0.3 is 10.6 Å². The van der Waals surface area contributed by atoms with Crippen LogP contribution in [0, 0.1) is 0 Å². The summed E-state index contributed by atoms with van der Waals surface area (Å²) in [6.07, 6.45) is 9.48. The van der Waals surface area contributed by atoms with Gasteiger partial charge in [0, 0.05) is 31.4 Å². The summed E-state index contributed by atoms with van der Waals surface area (Å²) in [5.74, 6) is -0.155. The van der Waals surface area contributed by atoms with Crippen molar-refractivity contribution in [2.75, 3.05) is 6.54 Å². The first-order chi connectivity index (χ1) is 12.7. The van der Waals surface area contributed by atoms with E-state index < -0.39 is 6.04 Å². The average molecular weight is 354 g/mol. The van der Waals surface area contributed by atoms with Crippen molar-refractivity contribution in [2.45, 2.75) is 50.6 Å². The Hall–Kier alpha value is -2.63. The van der Waals surface area contributed by atoms with Crippen LogP contribution in [0.25, 0.3) is 0 Å². The van der Waals surface area contributed by atoms with E-state index in [1.165, 1.54) is 19.3 Å². The van der Waals surface area contributed by atoms with E-state index in [-0.39, 0.29) is 11.8 Å². The number of hydrogen-bond acceptors (Lipinski definition) is 3. The normalized spacial score (nSPS) is 16.0. The molecule has 2 amide bonds. The van der Waals surface area contributed by atoms with Gasteiger partial charge in [-0.2, -0.15) is 5.10 Å². The SMILES string of the molecule is O=C(CCNC(=O)C(c1ccccc1)n1cccn1)NC1CCCCC1. The maximum atomic E-state index is 12.7. The molecule has 1 aliphatic rings. The fourth-order valence-corrected chi connectivity index (χ4v) is 3.44. The first-order valence-electron chi connectivity index (χ1n) is 9.35. The van der Waals surface area contributed by atoms with E-state index in [1.54, 1.807) is 23.1 Å². The van der Waals surface area contributed by atoms with Gasteiger partial charge >= 0.3 is 0 Å². The Bertz CT molecular complexity index is 694. The first-order valence-corrected chi connectivity index (χ1v) is 9.35. The average Bonchev–Trinajstić information content (AvgIpc) is 3.18. The lowest BCUT2D eigenvalue weighted by Crippen LogP contribution is -2.39. The zero-order valence-corrected chi connectivity index (χ0v) is 14.9. The molecular formula is C20H26N4O2. The third-order valence-electron chi connectivity index (χ3n) is 4.77. The summed E-state index contributed by atoms with van der Waals surface area (Å²) in [5, 5.41) is 10.2. The van der Waals surface area contributed by atoms with Gasteiger partial charge in [-0.1, -0.05) is 49.6 Å². The largest absolute Gasteiger partial charge is 0.353 e. The van der Waals surface area contributed by atoms with Gasteiger partial charge in [-0.25, -0.2) is 0 Å². The third-order valence-corrected chi connectivity index (χ3v) is 4.77. The summed E-state index contributed by atoms with van der Waals surface area (Å²) in [7, 11) is 0. The van der Waals surface area contributed by atoms with Crippen LogP contribution in [-0.4, -0.2) is 34.2 Å². The van der Waals surface area contributed by atoms with Gasteiger partial charge in [0.1, 0.15) is 0 Å². The molecule has 0 radical (unpaired) electrons. The van der Waals surface area contributed by atoms with Gasteiger partial charge in [0.05, 0.1) is 0 Å². The maximum absolute atomic E-state index is 12.7. The Morgan fingerprint density at radius 1 is 1.12 bits per heavy atom. The second-order valence-corrected chi connectivity index (χ2v) is 6.74. The smallest absolute Gasteiger partial charge is 0.249 e. The van der Waals surface area contributed by atoms with Gasteiger partial charge in [0.25, 0.3) is 0 Å². The molecule has 0 saturated heterocycles. The number of benzene rings is 1. The molecular weight excluding hydrogens is 328 g/mol. The summed E-state index contributed by atoms with van der Waals surface area (Å²) in [4.78, 5) is 24.8. The number of amides is 2. The van der Waals surface area contributed by atoms with E-state index in [0.717, 1.165) is 18.4 Å². The summed E-state index contributed by atoms with van der Waals surface area (Å²) < 4.78 is 1.63. The van der Waals surface area contributed by atoms with Gasteiger partial charge in [0.2, 0.25) is 11.8 Å². The molecule has 6 heteroatoms. The second kappa shape index (κ2) is 9.17. The van der Waals surface area contributed by atoms with Crippen LogP contribution in [0.1, 0.15) is 50.1 Å². The van der Waals surface area contributed by atoms with Gasteiger partial charge in [-0.05, 0) is 24.5 Å². The number of nitrogens with zero attached hydrogens (tertiary/aromatic N) is 2. The summed E-state index contributed by atoms with van der Waals surface area (Å²) >= 11 is 0. The van der Waals surface area contributed by atoms with Crippen molar-refractivity contribution < 1.29 is 9.59 Å². The van der Waals surface area contributed by atoms with Crippen molar-refractivity contribution >= 4 is 11.8 Å². The van der Waals surface area contributed by atoms with Crippen molar-refractivity contribution in [1.82, 2.24) is 20.4 Å². The Kier molecular flexibility index (Phi) is 6.41. The molecule has 1 unspecified atom stereocenters. The van der Waals surface area contributed by atoms with E-state index in [1.807, 2.05) is 30.3 Å². The summed E-state index contributed by atoms with van der Waals surface area (Å²) in [5.41, 5.74) is 0.861. The topological polar surface area (TPSA) is 76.0 Å². The monoisotopic (exact) mass is 354 g/mol. The zero-order chi connectivity index (χ0) is 18.2. The van der Waals surface area contributed by atoms with Crippen LogP contribution < -0.4 is 10.6 Å². The second-order valence-electron chi connectivity index (χ2n) is 6.74. The van der Waals surface area contributed by atoms with Crippen LogP contribution in [0.3, 0.4) is 0 Å². The fraction of sp³-hybridized carbons (Fsp3) is 0.450.